The molecule has 25 heavy (non-hydrogen) atoms. The Balaban J connectivity index is 1.62. The van der Waals surface area contributed by atoms with E-state index < -0.39 is 0 Å². The molecule has 1 saturated heterocycles. The highest BCUT2D eigenvalue weighted by atomic mass is 35.5. The van der Waals surface area contributed by atoms with Gasteiger partial charge in [-0.3, -0.25) is 14.4 Å². The Labute approximate surface area is 151 Å². The first kappa shape index (κ1) is 17.7. The molecule has 3 amide bonds. The van der Waals surface area contributed by atoms with Crippen molar-refractivity contribution in [1.29, 1.82) is 0 Å². The summed E-state index contributed by atoms with van der Waals surface area (Å²) in [5.41, 5.74) is 0.787. The number of amides is 3. The molecule has 1 heterocycles. The van der Waals surface area contributed by atoms with E-state index in [0.29, 0.717) is 42.2 Å². The molecular formula is C18H22ClN3O3. The number of anilines is 1. The molecule has 1 aromatic rings. The fourth-order valence-corrected chi connectivity index (χ4v) is 3.31. The van der Waals surface area contributed by atoms with E-state index in [0.717, 1.165) is 12.8 Å². The number of carbonyl (C=O) groups is 3. The zero-order valence-electron chi connectivity index (χ0n) is 14.2. The molecule has 1 saturated carbocycles. The molecule has 6 nitrogen and oxygen atoms in total. The maximum Gasteiger partial charge on any atom is 0.253 e. The number of benzene rings is 1. The number of hydrogen-bond donors (Lipinski definition) is 2. The van der Waals surface area contributed by atoms with Gasteiger partial charge in [-0.2, -0.15) is 0 Å². The van der Waals surface area contributed by atoms with Crippen molar-refractivity contribution in [2.24, 2.45) is 11.8 Å². The number of halogens is 1. The quantitative estimate of drug-likeness (QED) is 0.861. The molecule has 2 fully saturated rings. The van der Waals surface area contributed by atoms with Gasteiger partial charge in [0, 0.05) is 37.0 Å². The van der Waals surface area contributed by atoms with Crippen molar-refractivity contribution in [2.75, 3.05) is 25.5 Å². The van der Waals surface area contributed by atoms with Crippen molar-refractivity contribution in [3.8, 4) is 0 Å². The second-order valence-electron chi connectivity index (χ2n) is 6.63. The third-order valence-corrected chi connectivity index (χ3v) is 5.05. The van der Waals surface area contributed by atoms with Crippen molar-refractivity contribution >= 4 is 35.0 Å². The van der Waals surface area contributed by atoms with E-state index >= 15 is 0 Å². The molecule has 0 aromatic heterocycles. The van der Waals surface area contributed by atoms with E-state index in [4.69, 9.17) is 11.6 Å². The molecule has 0 bridgehead atoms. The average Bonchev–Trinajstić information content (AvgIpc) is 3.46. The molecule has 0 unspecified atom stereocenters. The molecule has 3 rings (SSSR count). The Morgan fingerprint density at radius 1 is 1.08 bits per heavy atom. The van der Waals surface area contributed by atoms with Crippen LogP contribution in [0.1, 0.15) is 36.0 Å². The predicted octanol–water partition coefficient (Wildman–Crippen LogP) is 2.29. The molecule has 0 atom stereocenters. The number of likely N-dealkylation sites (tertiary alicyclic amines) is 1. The lowest BCUT2D eigenvalue weighted by molar-refractivity contribution is -0.135. The Kier molecular flexibility index (Phi) is 5.27. The summed E-state index contributed by atoms with van der Waals surface area (Å²) >= 11 is 6.00. The van der Waals surface area contributed by atoms with Crippen molar-refractivity contribution in [1.82, 2.24) is 10.2 Å². The molecule has 1 aliphatic carbocycles. The summed E-state index contributed by atoms with van der Waals surface area (Å²) < 4.78 is 0. The summed E-state index contributed by atoms with van der Waals surface area (Å²) in [6, 6.07) is 4.78. The monoisotopic (exact) mass is 363 g/mol. The molecule has 134 valence electrons. The summed E-state index contributed by atoms with van der Waals surface area (Å²) in [6.07, 6.45) is 3.27. The molecule has 0 radical (unpaired) electrons. The lowest BCUT2D eigenvalue weighted by atomic mass is 9.95. The number of nitrogens with zero attached hydrogens (tertiary/aromatic N) is 1. The van der Waals surface area contributed by atoms with E-state index in [1.54, 1.807) is 18.2 Å². The van der Waals surface area contributed by atoms with Gasteiger partial charge in [0.15, 0.2) is 0 Å². The summed E-state index contributed by atoms with van der Waals surface area (Å²) in [6.45, 7) is 1.23. The van der Waals surface area contributed by atoms with Gasteiger partial charge in [0.25, 0.3) is 5.91 Å². The summed E-state index contributed by atoms with van der Waals surface area (Å²) in [5, 5.41) is 5.83. The van der Waals surface area contributed by atoms with Gasteiger partial charge in [-0.1, -0.05) is 11.6 Å². The Morgan fingerprint density at radius 3 is 2.36 bits per heavy atom. The van der Waals surface area contributed by atoms with Crippen LogP contribution in [-0.2, 0) is 9.59 Å². The second kappa shape index (κ2) is 7.44. The van der Waals surface area contributed by atoms with Crippen molar-refractivity contribution < 1.29 is 14.4 Å². The summed E-state index contributed by atoms with van der Waals surface area (Å²) in [4.78, 5) is 38.5. The van der Waals surface area contributed by atoms with Crippen LogP contribution in [0.25, 0.3) is 0 Å². The van der Waals surface area contributed by atoms with Gasteiger partial charge >= 0.3 is 0 Å². The normalized spacial score (nSPS) is 17.9. The highest BCUT2D eigenvalue weighted by Crippen LogP contribution is 2.32. The van der Waals surface area contributed by atoms with Gasteiger partial charge in [0.1, 0.15) is 0 Å². The number of piperidine rings is 1. The Morgan fingerprint density at radius 2 is 1.76 bits per heavy atom. The van der Waals surface area contributed by atoms with Crippen LogP contribution in [0.2, 0.25) is 5.02 Å². The van der Waals surface area contributed by atoms with Crippen LogP contribution in [-0.4, -0.2) is 42.8 Å². The average molecular weight is 364 g/mol. The number of hydrogen-bond acceptors (Lipinski definition) is 3. The van der Waals surface area contributed by atoms with E-state index in [1.807, 2.05) is 4.90 Å². The highest BCUT2D eigenvalue weighted by molar-refractivity contribution is 6.31. The predicted molar refractivity (Wildman–Crippen MR) is 95.5 cm³/mol. The van der Waals surface area contributed by atoms with E-state index in [2.05, 4.69) is 10.6 Å². The standard InChI is InChI=1S/C18H22ClN3O3/c1-20-17(24)14-5-4-13(19)10-15(14)21-16(23)11-6-8-22(9-7-11)18(25)12-2-3-12/h4-5,10-12H,2-3,6-9H2,1H3,(H,20,24)(H,21,23). The van der Waals surface area contributed by atoms with Gasteiger partial charge in [-0.15, -0.1) is 0 Å². The van der Waals surface area contributed by atoms with Gasteiger partial charge < -0.3 is 15.5 Å². The van der Waals surface area contributed by atoms with Crippen LogP contribution in [0, 0.1) is 11.8 Å². The van der Waals surface area contributed by atoms with Crippen LogP contribution in [0.4, 0.5) is 5.69 Å². The maximum atomic E-state index is 12.6. The SMILES string of the molecule is CNC(=O)c1ccc(Cl)cc1NC(=O)C1CCN(C(=O)C2CC2)CC1. The summed E-state index contributed by atoms with van der Waals surface area (Å²) in [5.74, 6) is -0.134. The number of rotatable bonds is 4. The second-order valence-corrected chi connectivity index (χ2v) is 7.07. The minimum atomic E-state index is -0.281. The minimum Gasteiger partial charge on any atom is -0.355 e. The molecule has 1 aromatic carbocycles. The van der Waals surface area contributed by atoms with Gasteiger partial charge in [-0.05, 0) is 43.9 Å². The Bertz CT molecular complexity index is 695. The van der Waals surface area contributed by atoms with Gasteiger partial charge in [0.05, 0.1) is 11.3 Å². The van der Waals surface area contributed by atoms with E-state index in [-0.39, 0.29) is 29.6 Å². The van der Waals surface area contributed by atoms with Gasteiger partial charge in [-0.25, -0.2) is 0 Å². The highest BCUT2D eigenvalue weighted by Gasteiger charge is 2.36. The van der Waals surface area contributed by atoms with Gasteiger partial charge in [0.2, 0.25) is 11.8 Å². The first-order chi connectivity index (χ1) is 12.0. The van der Waals surface area contributed by atoms with Crippen molar-refractivity contribution in [2.45, 2.75) is 25.7 Å². The first-order valence-electron chi connectivity index (χ1n) is 8.61. The summed E-state index contributed by atoms with van der Waals surface area (Å²) in [7, 11) is 1.54. The van der Waals surface area contributed by atoms with Crippen LogP contribution < -0.4 is 10.6 Å². The largest absolute Gasteiger partial charge is 0.355 e. The maximum absolute atomic E-state index is 12.6. The third-order valence-electron chi connectivity index (χ3n) is 4.82. The molecule has 2 N–H and O–H groups in total. The number of carbonyl (C=O) groups excluding carboxylic acids is 3. The Hall–Kier alpha value is -2.08. The molecule has 0 spiro atoms. The van der Waals surface area contributed by atoms with Crippen molar-refractivity contribution in [3.05, 3.63) is 28.8 Å². The van der Waals surface area contributed by atoms with Crippen molar-refractivity contribution in [3.63, 3.8) is 0 Å². The zero-order valence-corrected chi connectivity index (χ0v) is 14.9. The lowest BCUT2D eigenvalue weighted by Crippen LogP contribution is -2.42. The molecule has 7 heteroatoms. The topological polar surface area (TPSA) is 78.5 Å². The van der Waals surface area contributed by atoms with E-state index in [1.165, 1.54) is 7.05 Å². The fourth-order valence-electron chi connectivity index (χ4n) is 3.14. The van der Waals surface area contributed by atoms with Crippen LogP contribution in [0.3, 0.4) is 0 Å². The zero-order chi connectivity index (χ0) is 18.0. The first-order valence-corrected chi connectivity index (χ1v) is 8.98. The molecule has 2 aliphatic rings. The van der Waals surface area contributed by atoms with E-state index in [9.17, 15) is 14.4 Å². The third kappa shape index (κ3) is 4.12. The smallest absolute Gasteiger partial charge is 0.253 e. The lowest BCUT2D eigenvalue weighted by Gasteiger charge is -2.31. The van der Waals surface area contributed by atoms with Crippen LogP contribution in [0.15, 0.2) is 18.2 Å². The molecule has 1 aliphatic heterocycles. The number of nitrogens with one attached hydrogen (secondary N) is 2. The van der Waals surface area contributed by atoms with Crippen LogP contribution >= 0.6 is 11.6 Å². The fraction of sp³-hybridized carbons (Fsp3) is 0.500. The minimum absolute atomic E-state index is 0.133. The molecular weight excluding hydrogens is 342 g/mol. The van der Waals surface area contributed by atoms with Crippen LogP contribution in [0.5, 0.6) is 0 Å².